The second kappa shape index (κ2) is 7.33. The molecule has 0 aliphatic rings. The Morgan fingerprint density at radius 3 is 2.50 bits per heavy atom. The van der Waals surface area contributed by atoms with Crippen LogP contribution in [0.4, 0.5) is 0 Å². The summed E-state index contributed by atoms with van der Waals surface area (Å²) in [7, 11) is 0. The van der Waals surface area contributed by atoms with E-state index in [1.807, 2.05) is 0 Å². The lowest BCUT2D eigenvalue weighted by atomic mass is 10.1. The molecule has 5 nitrogen and oxygen atoms in total. The van der Waals surface area contributed by atoms with Crippen LogP contribution in [0.3, 0.4) is 0 Å². The highest BCUT2D eigenvalue weighted by atomic mass is 16.5. The maximum absolute atomic E-state index is 11.7. The van der Waals surface area contributed by atoms with Gasteiger partial charge < -0.3 is 14.6 Å². The number of phenolic OH excluding ortho intramolecular Hbond substituents is 1. The second-order valence-corrected chi connectivity index (χ2v) is 3.99. The minimum absolute atomic E-state index is 0.00418. The zero-order valence-electron chi connectivity index (χ0n) is 11.8. The molecule has 1 aromatic carbocycles. The Morgan fingerprint density at radius 1 is 1.25 bits per heavy atom. The summed E-state index contributed by atoms with van der Waals surface area (Å²) >= 11 is 0. The van der Waals surface area contributed by atoms with Crippen LogP contribution >= 0.6 is 0 Å². The molecule has 0 aliphatic carbocycles. The van der Waals surface area contributed by atoms with Gasteiger partial charge >= 0.3 is 5.97 Å². The molecule has 1 rings (SSSR count). The summed E-state index contributed by atoms with van der Waals surface area (Å²) < 4.78 is 10.1. The molecule has 20 heavy (non-hydrogen) atoms. The summed E-state index contributed by atoms with van der Waals surface area (Å²) in [6.45, 7) is 5.36. The van der Waals surface area contributed by atoms with Crippen molar-refractivity contribution in [2.24, 2.45) is 0 Å². The molecule has 0 fully saturated rings. The number of ether oxygens (including phenoxy) is 2. The summed E-state index contributed by atoms with van der Waals surface area (Å²) in [6.07, 6.45) is 1.42. The molecule has 0 aromatic heterocycles. The van der Waals surface area contributed by atoms with Gasteiger partial charge in [0.2, 0.25) is 0 Å². The Bertz CT molecular complexity index is 531. The molecular formula is C15H18O5. The van der Waals surface area contributed by atoms with Crippen molar-refractivity contribution in [1.82, 2.24) is 0 Å². The maximum atomic E-state index is 11.7. The Kier molecular flexibility index (Phi) is 5.77. The molecule has 108 valence electrons. The molecule has 0 amide bonds. The van der Waals surface area contributed by atoms with Gasteiger partial charge in [-0.25, -0.2) is 4.79 Å². The number of esters is 1. The third-order valence-electron chi connectivity index (χ3n) is 2.47. The molecule has 0 saturated carbocycles. The van der Waals surface area contributed by atoms with Gasteiger partial charge in [-0.15, -0.1) is 0 Å². The number of rotatable bonds is 6. The van der Waals surface area contributed by atoms with Gasteiger partial charge in [0.1, 0.15) is 5.57 Å². The van der Waals surface area contributed by atoms with E-state index in [-0.39, 0.29) is 23.7 Å². The third-order valence-corrected chi connectivity index (χ3v) is 2.47. The fourth-order valence-electron chi connectivity index (χ4n) is 1.57. The van der Waals surface area contributed by atoms with E-state index in [1.165, 1.54) is 19.1 Å². The number of aromatic hydroxyl groups is 1. The topological polar surface area (TPSA) is 72.8 Å². The Morgan fingerprint density at radius 2 is 1.95 bits per heavy atom. The van der Waals surface area contributed by atoms with Crippen LogP contribution < -0.4 is 4.74 Å². The van der Waals surface area contributed by atoms with Crippen LogP contribution in [0.2, 0.25) is 0 Å². The first-order valence-corrected chi connectivity index (χ1v) is 6.35. The Labute approximate surface area is 117 Å². The van der Waals surface area contributed by atoms with Crippen LogP contribution in [0.1, 0.15) is 26.3 Å². The monoisotopic (exact) mass is 278 g/mol. The number of carbonyl (C=O) groups excluding carboxylic acids is 2. The minimum atomic E-state index is -0.661. The van der Waals surface area contributed by atoms with Gasteiger partial charge in [-0.3, -0.25) is 4.79 Å². The number of hydrogen-bond donors (Lipinski definition) is 1. The number of hydrogen-bond acceptors (Lipinski definition) is 5. The first-order chi connectivity index (χ1) is 9.49. The van der Waals surface area contributed by atoms with Crippen molar-refractivity contribution >= 4 is 17.8 Å². The molecule has 0 atom stereocenters. The fraction of sp³-hybridized carbons (Fsp3) is 0.333. The summed E-state index contributed by atoms with van der Waals surface area (Å²) in [6, 6.07) is 4.58. The lowest BCUT2D eigenvalue weighted by Crippen LogP contribution is -2.13. The predicted molar refractivity (Wildman–Crippen MR) is 74.6 cm³/mol. The van der Waals surface area contributed by atoms with Crippen LogP contribution in [0, 0.1) is 0 Å². The van der Waals surface area contributed by atoms with E-state index in [0.717, 1.165) is 0 Å². The SMILES string of the molecule is CCOC(=O)/C(=C/c1ccc(O)c(OCC)c1)C(C)=O. The largest absolute Gasteiger partial charge is 0.504 e. The number of carbonyl (C=O) groups is 2. The van der Waals surface area contributed by atoms with Gasteiger partial charge in [0, 0.05) is 0 Å². The lowest BCUT2D eigenvalue weighted by Gasteiger charge is -2.07. The predicted octanol–water partition coefficient (Wildman–Crippen LogP) is 2.33. The molecule has 5 heteroatoms. The van der Waals surface area contributed by atoms with Gasteiger partial charge in [0.15, 0.2) is 17.3 Å². The Hall–Kier alpha value is -2.30. The van der Waals surface area contributed by atoms with Gasteiger partial charge in [-0.1, -0.05) is 6.07 Å². The van der Waals surface area contributed by atoms with Crippen LogP contribution in [0.5, 0.6) is 11.5 Å². The first kappa shape index (κ1) is 15.8. The summed E-state index contributed by atoms with van der Waals surface area (Å²) in [5.74, 6) is -0.738. The van der Waals surface area contributed by atoms with E-state index < -0.39 is 5.97 Å². The maximum Gasteiger partial charge on any atom is 0.341 e. The summed E-state index contributed by atoms with van der Waals surface area (Å²) in [5.41, 5.74) is 0.532. The van der Waals surface area contributed by atoms with E-state index in [2.05, 4.69) is 0 Å². The van der Waals surface area contributed by atoms with E-state index in [0.29, 0.717) is 17.9 Å². The zero-order valence-corrected chi connectivity index (χ0v) is 11.8. The van der Waals surface area contributed by atoms with E-state index in [1.54, 1.807) is 26.0 Å². The highest BCUT2D eigenvalue weighted by Gasteiger charge is 2.16. The molecule has 0 radical (unpaired) electrons. The van der Waals surface area contributed by atoms with Crippen molar-refractivity contribution in [3.05, 3.63) is 29.3 Å². The molecule has 0 bridgehead atoms. The molecule has 0 aliphatic heterocycles. The normalized spacial score (nSPS) is 11.1. The molecule has 0 heterocycles. The quantitative estimate of drug-likeness (QED) is 0.374. The Balaban J connectivity index is 3.14. The number of ketones is 1. The molecule has 1 N–H and O–H groups in total. The van der Waals surface area contributed by atoms with Crippen molar-refractivity contribution in [1.29, 1.82) is 0 Å². The highest BCUT2D eigenvalue weighted by Crippen LogP contribution is 2.27. The lowest BCUT2D eigenvalue weighted by molar-refractivity contribution is -0.139. The van der Waals surface area contributed by atoms with E-state index in [9.17, 15) is 14.7 Å². The highest BCUT2D eigenvalue weighted by molar-refractivity contribution is 6.19. The van der Waals surface area contributed by atoms with Crippen LogP contribution in [0.15, 0.2) is 23.8 Å². The van der Waals surface area contributed by atoms with Crippen molar-refractivity contribution in [3.8, 4) is 11.5 Å². The van der Waals surface area contributed by atoms with E-state index in [4.69, 9.17) is 9.47 Å². The van der Waals surface area contributed by atoms with Crippen molar-refractivity contribution in [2.45, 2.75) is 20.8 Å². The third kappa shape index (κ3) is 4.12. The van der Waals surface area contributed by atoms with Crippen LogP contribution in [-0.4, -0.2) is 30.1 Å². The molecular weight excluding hydrogens is 260 g/mol. The molecule has 1 aromatic rings. The number of phenols is 1. The number of Topliss-reactive ketones (excluding diaryl/α,β-unsaturated/α-hetero) is 1. The van der Waals surface area contributed by atoms with Crippen molar-refractivity contribution in [2.75, 3.05) is 13.2 Å². The fourth-order valence-corrected chi connectivity index (χ4v) is 1.57. The van der Waals surface area contributed by atoms with Crippen LogP contribution in [-0.2, 0) is 14.3 Å². The van der Waals surface area contributed by atoms with Gasteiger partial charge in [0.25, 0.3) is 0 Å². The average Bonchev–Trinajstić information content (AvgIpc) is 2.39. The molecule has 0 spiro atoms. The smallest absolute Gasteiger partial charge is 0.341 e. The van der Waals surface area contributed by atoms with Crippen molar-refractivity contribution in [3.63, 3.8) is 0 Å². The van der Waals surface area contributed by atoms with Crippen molar-refractivity contribution < 1.29 is 24.2 Å². The van der Waals surface area contributed by atoms with Gasteiger partial charge in [0.05, 0.1) is 13.2 Å². The first-order valence-electron chi connectivity index (χ1n) is 6.35. The van der Waals surface area contributed by atoms with Crippen LogP contribution in [0.25, 0.3) is 6.08 Å². The standard InChI is InChI=1S/C15H18O5/c1-4-19-14-9-11(6-7-13(14)17)8-12(10(3)16)15(18)20-5-2/h6-9,17H,4-5H2,1-3H3/b12-8+. The molecule has 0 unspecified atom stereocenters. The van der Waals surface area contributed by atoms with Gasteiger partial charge in [-0.05, 0) is 44.5 Å². The molecule has 0 saturated heterocycles. The van der Waals surface area contributed by atoms with E-state index >= 15 is 0 Å². The zero-order chi connectivity index (χ0) is 15.1. The minimum Gasteiger partial charge on any atom is -0.504 e. The van der Waals surface area contributed by atoms with Gasteiger partial charge in [-0.2, -0.15) is 0 Å². The average molecular weight is 278 g/mol. The second-order valence-electron chi connectivity index (χ2n) is 3.99. The summed E-state index contributed by atoms with van der Waals surface area (Å²) in [4.78, 5) is 23.2. The number of benzene rings is 1. The summed E-state index contributed by atoms with van der Waals surface area (Å²) in [5, 5.41) is 9.60.